The Labute approximate surface area is 237 Å². The van der Waals surface area contributed by atoms with Gasteiger partial charge in [0.2, 0.25) is 11.8 Å². The molecule has 0 bridgehead atoms. The number of amides is 2. The maximum absolute atomic E-state index is 13.7. The lowest BCUT2D eigenvalue weighted by atomic mass is 10.0. The Morgan fingerprint density at radius 2 is 1.85 bits per heavy atom. The van der Waals surface area contributed by atoms with Gasteiger partial charge in [-0.05, 0) is 77.4 Å². The van der Waals surface area contributed by atoms with E-state index in [4.69, 9.17) is 0 Å². The van der Waals surface area contributed by atoms with Crippen LogP contribution in [0, 0.1) is 19.3 Å². The molecule has 4 aromatic rings. The summed E-state index contributed by atoms with van der Waals surface area (Å²) in [7, 11) is 0. The van der Waals surface area contributed by atoms with Gasteiger partial charge in [0.15, 0.2) is 5.69 Å². The first kappa shape index (κ1) is 26.1. The highest BCUT2D eigenvalue weighted by Gasteiger charge is 2.64. The second-order valence-corrected chi connectivity index (χ2v) is 11.6. The number of likely N-dealkylation sites (tertiary alicyclic amines) is 1. The average Bonchev–Trinajstić information content (AvgIpc) is 3.28. The molecule has 1 aliphatic carbocycles. The molecule has 1 saturated carbocycles. The van der Waals surface area contributed by atoms with Crippen molar-refractivity contribution in [3.63, 3.8) is 0 Å². The zero-order valence-corrected chi connectivity index (χ0v) is 23.6. The maximum atomic E-state index is 13.7. The number of carbonyl (C=O) groups excluding carboxylic acids is 2. The third-order valence-corrected chi connectivity index (χ3v) is 8.32. The summed E-state index contributed by atoms with van der Waals surface area (Å²) in [4.78, 5) is 53.6. The molecule has 2 fully saturated rings. The van der Waals surface area contributed by atoms with Crippen molar-refractivity contribution in [2.45, 2.75) is 52.2 Å². The summed E-state index contributed by atoms with van der Waals surface area (Å²) < 4.78 is 2.00. The van der Waals surface area contributed by atoms with E-state index in [0.717, 1.165) is 23.1 Å². The smallest absolute Gasteiger partial charge is 0.357 e. The molecule has 3 aromatic heterocycles. The number of nitrogens with one attached hydrogen (secondary N) is 1. The van der Waals surface area contributed by atoms with Crippen molar-refractivity contribution in [1.29, 1.82) is 0 Å². The van der Waals surface area contributed by atoms with E-state index in [1.807, 2.05) is 19.1 Å². The number of halogens is 1. The van der Waals surface area contributed by atoms with E-state index in [0.29, 0.717) is 33.6 Å². The van der Waals surface area contributed by atoms with Gasteiger partial charge in [-0.15, -0.1) is 0 Å². The van der Waals surface area contributed by atoms with Crippen LogP contribution in [0.4, 0.5) is 5.82 Å². The quantitative estimate of drug-likeness (QED) is 0.315. The number of rotatable bonds is 6. The van der Waals surface area contributed by atoms with Crippen LogP contribution in [0.1, 0.15) is 41.6 Å². The molecule has 1 aliphatic heterocycles. The summed E-state index contributed by atoms with van der Waals surface area (Å²) in [5.41, 5.74) is 2.52. The summed E-state index contributed by atoms with van der Waals surface area (Å²) >= 11 is 3.33. The van der Waals surface area contributed by atoms with Crippen LogP contribution in [0.15, 0.2) is 47.3 Å². The minimum Gasteiger partial charge on any atom is -0.476 e. The highest BCUT2D eigenvalue weighted by molar-refractivity contribution is 9.10. The Morgan fingerprint density at radius 3 is 2.58 bits per heavy atom. The number of piperidine rings is 1. The molecule has 1 aromatic carbocycles. The summed E-state index contributed by atoms with van der Waals surface area (Å²) in [5, 5.41) is 17.4. The molecule has 2 aliphatic rings. The molecule has 0 radical (unpaired) electrons. The fourth-order valence-corrected chi connectivity index (χ4v) is 5.89. The number of nitrogens with zero attached hydrogens (tertiary/aromatic N) is 6. The van der Waals surface area contributed by atoms with E-state index in [1.165, 1.54) is 4.68 Å². The predicted octanol–water partition coefficient (Wildman–Crippen LogP) is 3.98. The zero-order chi connectivity index (χ0) is 28.3. The average molecular weight is 604 g/mol. The number of carboxylic acids is 1. The van der Waals surface area contributed by atoms with Gasteiger partial charge < -0.3 is 15.3 Å². The fraction of sp³-hybridized carbons (Fsp3) is 0.321. The lowest BCUT2D eigenvalue weighted by Crippen LogP contribution is -2.47. The van der Waals surface area contributed by atoms with Crippen LogP contribution in [0.5, 0.6) is 0 Å². The molecular formula is C28H26BrN7O4. The predicted molar refractivity (Wildman–Crippen MR) is 150 cm³/mol. The molecule has 0 spiro atoms. The molecule has 11 nitrogen and oxygen atoms in total. The van der Waals surface area contributed by atoms with E-state index < -0.39 is 12.0 Å². The summed E-state index contributed by atoms with van der Waals surface area (Å²) in [6, 6.07) is 8.22. The largest absolute Gasteiger partial charge is 0.476 e. The van der Waals surface area contributed by atoms with Gasteiger partial charge in [0.1, 0.15) is 28.8 Å². The zero-order valence-electron chi connectivity index (χ0n) is 22.1. The van der Waals surface area contributed by atoms with E-state index in [1.54, 1.807) is 42.4 Å². The minimum absolute atomic E-state index is 0.0544. The van der Waals surface area contributed by atoms with Gasteiger partial charge in [-0.3, -0.25) is 14.3 Å². The van der Waals surface area contributed by atoms with Gasteiger partial charge in [0.25, 0.3) is 0 Å². The highest BCUT2D eigenvalue weighted by Crippen LogP contribution is 2.59. The molecule has 2 N–H and O–H groups in total. The molecule has 40 heavy (non-hydrogen) atoms. The van der Waals surface area contributed by atoms with Crippen molar-refractivity contribution in [2.75, 3.05) is 5.32 Å². The number of hydrogen-bond acceptors (Lipinski definition) is 7. The summed E-state index contributed by atoms with van der Waals surface area (Å²) in [5.74, 6) is -0.708. The van der Waals surface area contributed by atoms with Crippen molar-refractivity contribution in [3.8, 4) is 11.1 Å². The fourth-order valence-electron chi connectivity index (χ4n) is 5.58. The number of pyridine rings is 1. The number of hydrogen-bond donors (Lipinski definition) is 2. The normalized spacial score (nSPS) is 21.4. The first-order chi connectivity index (χ1) is 19.0. The number of aromatic carboxylic acids is 1. The number of carbonyl (C=O) groups is 3. The molecule has 204 valence electrons. The van der Waals surface area contributed by atoms with E-state index in [2.05, 4.69) is 48.2 Å². The number of aryl methyl sites for hydroxylation is 2. The first-order valence-electron chi connectivity index (χ1n) is 12.8. The molecule has 3 atom stereocenters. The minimum atomic E-state index is -1.20. The van der Waals surface area contributed by atoms with Gasteiger partial charge in [0, 0.05) is 29.4 Å². The Bertz CT molecular complexity index is 1700. The topological polar surface area (TPSA) is 143 Å². The van der Waals surface area contributed by atoms with Crippen LogP contribution in [-0.2, 0) is 16.1 Å². The van der Waals surface area contributed by atoms with Crippen LogP contribution in [0.2, 0.25) is 0 Å². The molecule has 6 rings (SSSR count). The SMILES string of the molecule is Cc1ncc(-c2ccc3c(c2)c(C(=O)O)nn3CC(=O)N2C3C[C@]3(C)C[C@H]2C(=O)Nc2nc(Br)ccc2C)cn1. The molecular weight excluding hydrogens is 578 g/mol. The summed E-state index contributed by atoms with van der Waals surface area (Å²) in [6.45, 7) is 5.52. The maximum Gasteiger partial charge on any atom is 0.357 e. The van der Waals surface area contributed by atoms with Crippen LogP contribution < -0.4 is 5.32 Å². The molecule has 2 amide bonds. The van der Waals surface area contributed by atoms with Crippen LogP contribution in [0.25, 0.3) is 22.0 Å². The first-order valence-corrected chi connectivity index (χ1v) is 13.6. The third kappa shape index (κ3) is 4.51. The van der Waals surface area contributed by atoms with Crippen molar-refractivity contribution in [2.24, 2.45) is 5.41 Å². The molecule has 12 heteroatoms. The number of carboxylic acid groups (broad SMARTS) is 1. The van der Waals surface area contributed by atoms with E-state index >= 15 is 0 Å². The van der Waals surface area contributed by atoms with Crippen LogP contribution in [0.3, 0.4) is 0 Å². The Morgan fingerprint density at radius 1 is 1.10 bits per heavy atom. The van der Waals surface area contributed by atoms with Crippen molar-refractivity contribution >= 4 is 50.4 Å². The number of benzene rings is 1. The lowest BCUT2D eigenvalue weighted by Gasteiger charge is -2.27. The van der Waals surface area contributed by atoms with Gasteiger partial charge in [-0.1, -0.05) is 19.1 Å². The third-order valence-electron chi connectivity index (χ3n) is 7.88. The van der Waals surface area contributed by atoms with Crippen molar-refractivity contribution < 1.29 is 19.5 Å². The number of anilines is 1. The Kier molecular flexibility index (Phi) is 6.17. The molecule has 4 heterocycles. The lowest BCUT2D eigenvalue weighted by molar-refractivity contribution is -0.138. The van der Waals surface area contributed by atoms with Crippen molar-refractivity contribution in [1.82, 2.24) is 29.6 Å². The summed E-state index contributed by atoms with van der Waals surface area (Å²) in [6.07, 6.45) is 4.71. The van der Waals surface area contributed by atoms with Crippen molar-refractivity contribution in [3.05, 3.63) is 64.4 Å². The Hall–Kier alpha value is -4.19. The second-order valence-electron chi connectivity index (χ2n) is 10.7. The van der Waals surface area contributed by atoms with Gasteiger partial charge in [-0.25, -0.2) is 19.7 Å². The van der Waals surface area contributed by atoms with Crippen LogP contribution >= 0.6 is 15.9 Å². The number of aromatic nitrogens is 5. The van der Waals surface area contributed by atoms with E-state index in [9.17, 15) is 19.5 Å². The monoisotopic (exact) mass is 603 g/mol. The highest BCUT2D eigenvalue weighted by atomic mass is 79.9. The molecule has 1 unspecified atom stereocenters. The standard InChI is InChI=1S/C28H26BrN7O4/c1-14-4-7-22(29)32-25(14)33-26(38)20-9-28(3)10-21(28)36(20)23(37)13-35-19-6-5-16(17-11-30-15(2)31-12-17)8-18(19)24(34-35)27(39)40/h4-8,11-12,20-21H,9-10,13H2,1-3H3,(H,39,40)(H,32,33,38)/t20-,21?,28-/m0/s1. The number of fused-ring (bicyclic) bond motifs is 2. The molecule has 1 saturated heterocycles. The van der Waals surface area contributed by atoms with Gasteiger partial charge in [-0.2, -0.15) is 5.10 Å². The van der Waals surface area contributed by atoms with Crippen LogP contribution in [-0.4, -0.2) is 64.6 Å². The Balaban J connectivity index is 1.29. The second kappa shape index (κ2) is 9.47. The van der Waals surface area contributed by atoms with Gasteiger partial charge in [0.05, 0.1) is 5.52 Å². The van der Waals surface area contributed by atoms with Gasteiger partial charge >= 0.3 is 5.97 Å². The van der Waals surface area contributed by atoms with E-state index in [-0.39, 0.29) is 35.5 Å².